The van der Waals surface area contributed by atoms with Crippen molar-refractivity contribution < 1.29 is 9.32 Å². The molecule has 0 aliphatic carbocycles. The second-order valence-corrected chi connectivity index (χ2v) is 4.77. The highest BCUT2D eigenvalue weighted by Gasteiger charge is 2.12. The zero-order valence-electron chi connectivity index (χ0n) is 10.8. The average molecular weight is 289 g/mol. The van der Waals surface area contributed by atoms with Gasteiger partial charge in [-0.1, -0.05) is 5.16 Å². The number of hydrogen-bond acceptors (Lipinski definition) is 6. The van der Waals surface area contributed by atoms with Gasteiger partial charge in [-0.25, -0.2) is 4.79 Å². The largest absolute Gasteiger partial charge is 0.359 e. The summed E-state index contributed by atoms with van der Waals surface area (Å²) in [4.78, 5) is 11.9. The van der Waals surface area contributed by atoms with E-state index in [0.717, 1.165) is 22.8 Å². The lowest BCUT2D eigenvalue weighted by molar-refractivity contribution is 0.262. The van der Waals surface area contributed by atoms with Gasteiger partial charge in [0, 0.05) is 5.69 Å². The predicted molar refractivity (Wildman–Crippen MR) is 76.0 cm³/mol. The Morgan fingerprint density at radius 1 is 1.20 bits per heavy atom. The van der Waals surface area contributed by atoms with Gasteiger partial charge in [-0.15, -0.1) is 0 Å². The van der Waals surface area contributed by atoms with Crippen LogP contribution in [0.2, 0.25) is 0 Å². The number of rotatable bonds is 2. The van der Waals surface area contributed by atoms with E-state index in [1.165, 1.54) is 0 Å². The molecule has 1 aromatic carbocycles. The maximum absolute atomic E-state index is 11.9. The van der Waals surface area contributed by atoms with Crippen LogP contribution in [0, 0.1) is 13.8 Å². The molecule has 0 bridgehead atoms. The summed E-state index contributed by atoms with van der Waals surface area (Å²) in [5.41, 5.74) is 3.43. The Morgan fingerprint density at radius 3 is 2.75 bits per heavy atom. The molecule has 2 heterocycles. The van der Waals surface area contributed by atoms with Crippen molar-refractivity contribution >= 4 is 40.2 Å². The van der Waals surface area contributed by atoms with Gasteiger partial charge in [0.05, 0.1) is 11.7 Å². The monoisotopic (exact) mass is 289 g/mol. The number of aromatic nitrogens is 3. The molecule has 2 aromatic heterocycles. The van der Waals surface area contributed by atoms with Crippen LogP contribution < -0.4 is 10.6 Å². The van der Waals surface area contributed by atoms with Crippen LogP contribution in [0.3, 0.4) is 0 Å². The molecule has 3 rings (SSSR count). The molecular formula is C12H11N5O2S. The fraction of sp³-hybridized carbons (Fsp3) is 0.167. The molecule has 0 unspecified atom stereocenters. The number of carbonyl (C=O) groups excluding carboxylic acids is 1. The van der Waals surface area contributed by atoms with Crippen LogP contribution in [0.5, 0.6) is 0 Å². The van der Waals surface area contributed by atoms with Gasteiger partial charge < -0.3 is 15.2 Å². The van der Waals surface area contributed by atoms with Crippen LogP contribution in [0.25, 0.3) is 11.0 Å². The summed E-state index contributed by atoms with van der Waals surface area (Å²) in [6, 6.07) is 4.99. The Bertz CT molecular complexity index is 760. The fourth-order valence-electron chi connectivity index (χ4n) is 1.80. The minimum Gasteiger partial charge on any atom is -0.359 e. The van der Waals surface area contributed by atoms with Crippen LogP contribution in [-0.4, -0.2) is 19.9 Å². The molecule has 0 saturated heterocycles. The third kappa shape index (κ3) is 2.32. The third-order valence-electron chi connectivity index (χ3n) is 2.78. The zero-order valence-corrected chi connectivity index (χ0v) is 11.6. The second kappa shape index (κ2) is 4.89. The maximum Gasteiger partial charge on any atom is 0.323 e. The number of carbonyl (C=O) groups is 1. The van der Waals surface area contributed by atoms with Crippen molar-refractivity contribution in [3.63, 3.8) is 0 Å². The topological polar surface area (TPSA) is 92.9 Å². The van der Waals surface area contributed by atoms with E-state index in [-0.39, 0.29) is 6.03 Å². The molecule has 20 heavy (non-hydrogen) atoms. The summed E-state index contributed by atoms with van der Waals surface area (Å²) in [5.74, 6) is 0.566. The summed E-state index contributed by atoms with van der Waals surface area (Å²) >= 11 is 1.14. The number of hydrogen-bond donors (Lipinski definition) is 2. The van der Waals surface area contributed by atoms with Crippen molar-refractivity contribution in [2.45, 2.75) is 13.8 Å². The highest BCUT2D eigenvalue weighted by molar-refractivity contribution is 7.00. The molecule has 102 valence electrons. The molecule has 0 aliphatic rings. The first-order valence-electron chi connectivity index (χ1n) is 5.86. The van der Waals surface area contributed by atoms with Crippen LogP contribution in [0.15, 0.2) is 22.7 Å². The minimum absolute atomic E-state index is 0.359. The number of anilines is 2. The highest BCUT2D eigenvalue weighted by atomic mass is 32.1. The standard InChI is InChI=1S/C12H11N5O2S/c1-6-11(7(2)19-15-6)14-12(18)13-8-3-4-9-10(5-8)17-20-16-9/h3-5H,1-2H3,(H2,13,14,18). The number of nitrogens with one attached hydrogen (secondary N) is 2. The van der Waals surface area contributed by atoms with E-state index in [9.17, 15) is 4.79 Å². The van der Waals surface area contributed by atoms with Crippen molar-refractivity contribution in [3.8, 4) is 0 Å². The maximum atomic E-state index is 11.9. The van der Waals surface area contributed by atoms with E-state index in [4.69, 9.17) is 4.52 Å². The van der Waals surface area contributed by atoms with Crippen molar-refractivity contribution in [1.82, 2.24) is 13.9 Å². The summed E-state index contributed by atoms with van der Waals surface area (Å²) in [6.07, 6.45) is 0. The van der Waals surface area contributed by atoms with Crippen LogP contribution in [0.4, 0.5) is 16.2 Å². The SMILES string of the molecule is Cc1noc(C)c1NC(=O)Nc1ccc2nsnc2c1. The van der Waals surface area contributed by atoms with Crippen molar-refractivity contribution in [2.75, 3.05) is 10.6 Å². The minimum atomic E-state index is -0.359. The van der Waals surface area contributed by atoms with E-state index in [1.54, 1.807) is 26.0 Å². The summed E-state index contributed by atoms with van der Waals surface area (Å²) in [6.45, 7) is 3.50. The van der Waals surface area contributed by atoms with E-state index < -0.39 is 0 Å². The first kappa shape index (κ1) is 12.5. The number of aryl methyl sites for hydroxylation is 2. The fourth-order valence-corrected chi connectivity index (χ4v) is 2.31. The normalized spacial score (nSPS) is 10.7. The number of urea groups is 1. The third-order valence-corrected chi connectivity index (χ3v) is 3.34. The number of benzene rings is 1. The summed E-state index contributed by atoms with van der Waals surface area (Å²) in [5, 5.41) is 9.22. The van der Waals surface area contributed by atoms with Crippen molar-refractivity contribution in [2.24, 2.45) is 0 Å². The molecule has 2 amide bonds. The average Bonchev–Trinajstić information content (AvgIpc) is 3.00. The Labute approximate surface area is 118 Å². The number of fused-ring (bicyclic) bond motifs is 1. The smallest absolute Gasteiger partial charge is 0.323 e. The summed E-state index contributed by atoms with van der Waals surface area (Å²) in [7, 11) is 0. The lowest BCUT2D eigenvalue weighted by Gasteiger charge is -2.06. The van der Waals surface area contributed by atoms with Crippen molar-refractivity contribution in [3.05, 3.63) is 29.7 Å². The van der Waals surface area contributed by atoms with E-state index in [1.807, 2.05) is 6.07 Å². The van der Waals surface area contributed by atoms with Gasteiger partial charge in [0.25, 0.3) is 0 Å². The molecule has 3 aromatic rings. The van der Waals surface area contributed by atoms with Gasteiger partial charge in [-0.05, 0) is 32.0 Å². The van der Waals surface area contributed by atoms with E-state index in [0.29, 0.717) is 22.8 Å². The Balaban J connectivity index is 1.75. The van der Waals surface area contributed by atoms with Gasteiger partial charge in [0.1, 0.15) is 22.4 Å². The van der Waals surface area contributed by atoms with Gasteiger partial charge in [0.15, 0.2) is 5.76 Å². The molecule has 0 aliphatic heterocycles. The van der Waals surface area contributed by atoms with Gasteiger partial charge in [0.2, 0.25) is 0 Å². The lowest BCUT2D eigenvalue weighted by atomic mass is 10.3. The molecule has 8 heteroatoms. The zero-order chi connectivity index (χ0) is 14.1. The van der Waals surface area contributed by atoms with Crippen LogP contribution in [0.1, 0.15) is 11.5 Å². The van der Waals surface area contributed by atoms with Gasteiger partial charge in [-0.3, -0.25) is 0 Å². The lowest BCUT2D eigenvalue weighted by Crippen LogP contribution is -2.20. The first-order valence-corrected chi connectivity index (χ1v) is 6.60. The Hall–Kier alpha value is -2.48. The number of amides is 2. The molecule has 0 radical (unpaired) electrons. The molecular weight excluding hydrogens is 278 g/mol. The molecule has 2 N–H and O–H groups in total. The molecule has 0 fully saturated rings. The predicted octanol–water partition coefficient (Wildman–Crippen LogP) is 2.94. The van der Waals surface area contributed by atoms with Gasteiger partial charge >= 0.3 is 6.03 Å². The summed E-state index contributed by atoms with van der Waals surface area (Å²) < 4.78 is 13.2. The molecule has 0 spiro atoms. The second-order valence-electron chi connectivity index (χ2n) is 4.25. The molecule has 7 nitrogen and oxygen atoms in total. The van der Waals surface area contributed by atoms with Crippen LogP contribution >= 0.6 is 11.7 Å². The van der Waals surface area contributed by atoms with Gasteiger partial charge in [-0.2, -0.15) is 8.75 Å². The Kier molecular flexibility index (Phi) is 3.07. The molecule has 0 saturated carbocycles. The highest BCUT2D eigenvalue weighted by Crippen LogP contribution is 2.20. The van der Waals surface area contributed by atoms with Crippen LogP contribution in [-0.2, 0) is 0 Å². The Morgan fingerprint density at radius 2 is 2.00 bits per heavy atom. The number of nitrogens with zero attached hydrogens (tertiary/aromatic N) is 3. The molecule has 0 atom stereocenters. The quantitative estimate of drug-likeness (QED) is 0.756. The van der Waals surface area contributed by atoms with Crippen molar-refractivity contribution in [1.29, 1.82) is 0 Å². The van der Waals surface area contributed by atoms with E-state index in [2.05, 4.69) is 24.5 Å². The van der Waals surface area contributed by atoms with E-state index >= 15 is 0 Å². The first-order chi connectivity index (χ1) is 9.63.